The van der Waals surface area contributed by atoms with E-state index < -0.39 is 40.3 Å². The molecule has 0 heterocycles. The van der Waals surface area contributed by atoms with Crippen LogP contribution in [0.25, 0.3) is 0 Å². The van der Waals surface area contributed by atoms with Crippen molar-refractivity contribution >= 4 is 67.2 Å². The van der Waals surface area contributed by atoms with Gasteiger partial charge in [0, 0.05) is 25.5 Å². The van der Waals surface area contributed by atoms with E-state index in [9.17, 15) is 26.8 Å². The number of esters is 2. The summed E-state index contributed by atoms with van der Waals surface area (Å²) in [6.07, 6.45) is -6.04. The van der Waals surface area contributed by atoms with Gasteiger partial charge in [-0.25, -0.2) is 8.78 Å². The van der Waals surface area contributed by atoms with Crippen LogP contribution in [0.15, 0.2) is 18.2 Å². The molecule has 0 amide bonds. The molecule has 1 unspecified atom stereocenters. The second-order valence-corrected chi connectivity index (χ2v) is 9.27. The van der Waals surface area contributed by atoms with Crippen molar-refractivity contribution in [2.24, 2.45) is 0 Å². The van der Waals surface area contributed by atoms with Crippen LogP contribution in [0.3, 0.4) is 0 Å². The zero-order chi connectivity index (χ0) is 20.6. The molecule has 0 spiro atoms. The highest BCUT2D eigenvalue weighted by Crippen LogP contribution is 2.17. The van der Waals surface area contributed by atoms with E-state index in [2.05, 4.69) is 49.9 Å². The number of hydrogen-bond donors (Lipinski definition) is 1. The minimum Gasteiger partial charge on any atom is -0.461 e. The van der Waals surface area contributed by atoms with E-state index in [1.807, 2.05) is 18.2 Å². The molecule has 0 aliphatic rings. The third kappa shape index (κ3) is 10.5. The molecular weight excluding hydrogens is 616 g/mol. The molecule has 0 saturated carbocycles. The van der Waals surface area contributed by atoms with E-state index in [0.717, 1.165) is 12.7 Å². The molecule has 1 aromatic carbocycles. The van der Waals surface area contributed by atoms with Crippen LogP contribution < -0.4 is 0 Å². The van der Waals surface area contributed by atoms with Gasteiger partial charge in [0.1, 0.15) is 12.4 Å². The number of alkyl halides is 2. The molecule has 0 aliphatic heterocycles. The number of halogens is 4. The van der Waals surface area contributed by atoms with Crippen LogP contribution in [0.4, 0.5) is 8.78 Å². The van der Waals surface area contributed by atoms with Gasteiger partial charge in [0.15, 0.2) is 6.10 Å². The zero-order valence-electron chi connectivity index (χ0n) is 13.7. The Balaban J connectivity index is 2.37. The van der Waals surface area contributed by atoms with Crippen LogP contribution in [0.1, 0.15) is 24.8 Å². The van der Waals surface area contributed by atoms with Crippen LogP contribution >= 0.6 is 45.2 Å². The number of rotatable bonds is 10. The van der Waals surface area contributed by atoms with Crippen LogP contribution in [0.5, 0.6) is 0 Å². The van der Waals surface area contributed by atoms with Gasteiger partial charge in [0.2, 0.25) is 0 Å². The molecule has 0 fully saturated rings. The van der Waals surface area contributed by atoms with Crippen LogP contribution in [-0.4, -0.2) is 43.2 Å². The van der Waals surface area contributed by atoms with Crippen molar-refractivity contribution in [1.29, 1.82) is 0 Å². The molecule has 0 aliphatic carbocycles. The first kappa shape index (κ1) is 24.4. The molecule has 0 saturated heterocycles. The molecule has 12 heteroatoms. The molecule has 0 radical (unpaired) electrons. The lowest BCUT2D eigenvalue weighted by Gasteiger charge is -2.15. The first-order chi connectivity index (χ1) is 12.5. The van der Waals surface area contributed by atoms with Gasteiger partial charge >= 0.3 is 11.9 Å². The summed E-state index contributed by atoms with van der Waals surface area (Å²) in [5.41, 5.74) is 0.834. The number of ether oxygens (including phenoxy) is 2. The molecule has 1 N–H and O–H groups in total. The summed E-state index contributed by atoms with van der Waals surface area (Å²) in [6.45, 7) is 0.0697. The molecule has 7 nitrogen and oxygen atoms in total. The van der Waals surface area contributed by atoms with Crippen molar-refractivity contribution < 1.29 is 40.8 Å². The summed E-state index contributed by atoms with van der Waals surface area (Å²) in [4.78, 5) is 23.2. The number of benzene rings is 1. The quantitative estimate of drug-likeness (QED) is 0.240. The van der Waals surface area contributed by atoms with Crippen LogP contribution in [0, 0.1) is 7.14 Å². The fraction of sp³-hybridized carbons (Fsp3) is 0.467. The Bertz CT molecular complexity index is 771. The van der Waals surface area contributed by atoms with Gasteiger partial charge in [0.25, 0.3) is 16.5 Å². The highest BCUT2D eigenvalue weighted by molar-refractivity contribution is 14.1. The Hall–Kier alpha value is -0.610. The summed E-state index contributed by atoms with van der Waals surface area (Å²) < 4.78 is 66.5. The predicted octanol–water partition coefficient (Wildman–Crippen LogP) is 3.17. The third-order valence-corrected chi connectivity index (χ3v) is 5.57. The second-order valence-electron chi connectivity index (χ2n) is 5.36. The Morgan fingerprint density at radius 1 is 1.15 bits per heavy atom. The maximum absolute atomic E-state index is 12.6. The molecule has 27 heavy (non-hydrogen) atoms. The van der Waals surface area contributed by atoms with E-state index in [0.29, 0.717) is 0 Å². The van der Waals surface area contributed by atoms with E-state index in [1.165, 1.54) is 0 Å². The van der Waals surface area contributed by atoms with Crippen LogP contribution in [0.2, 0.25) is 0 Å². The second kappa shape index (κ2) is 11.4. The maximum atomic E-state index is 12.6. The first-order valence-electron chi connectivity index (χ1n) is 7.50. The Morgan fingerprint density at radius 3 is 2.37 bits per heavy atom. The number of carbonyl (C=O) groups is 2. The van der Waals surface area contributed by atoms with Gasteiger partial charge < -0.3 is 9.47 Å². The van der Waals surface area contributed by atoms with Gasteiger partial charge in [-0.1, -0.05) is 0 Å². The fourth-order valence-corrected chi connectivity index (χ4v) is 3.53. The van der Waals surface area contributed by atoms with E-state index in [1.54, 1.807) is 0 Å². The Kier molecular flexibility index (Phi) is 10.3. The normalized spacial score (nSPS) is 12.7. The largest absolute Gasteiger partial charge is 0.461 e. The molecule has 1 rings (SSSR count). The third-order valence-electron chi connectivity index (χ3n) is 3.10. The zero-order valence-corrected chi connectivity index (χ0v) is 18.9. The Morgan fingerprint density at radius 2 is 1.78 bits per heavy atom. The summed E-state index contributed by atoms with van der Waals surface area (Å²) in [7, 11) is -4.72. The topological polar surface area (TPSA) is 107 Å². The predicted molar refractivity (Wildman–Crippen MR) is 108 cm³/mol. The average molecular weight is 632 g/mol. The number of hydrogen-bond acceptors (Lipinski definition) is 6. The van der Waals surface area contributed by atoms with Crippen molar-refractivity contribution in [1.82, 2.24) is 0 Å². The minimum atomic E-state index is -4.72. The molecule has 152 valence electrons. The lowest BCUT2D eigenvalue weighted by Crippen LogP contribution is -2.32. The summed E-state index contributed by atoms with van der Waals surface area (Å²) in [5, 5.41) is 0. The minimum absolute atomic E-state index is 0.0110. The summed E-state index contributed by atoms with van der Waals surface area (Å²) >= 11 is 4.24. The SMILES string of the molecule is O=C(CCCC(=O)OC(CS(=O)(=O)O)C(F)F)OCc1cc(I)ccc1I. The highest BCUT2D eigenvalue weighted by atomic mass is 127. The highest BCUT2D eigenvalue weighted by Gasteiger charge is 2.29. The van der Waals surface area contributed by atoms with Crippen LogP contribution in [-0.2, 0) is 35.8 Å². The van der Waals surface area contributed by atoms with Gasteiger partial charge in [0.05, 0.1) is 0 Å². The first-order valence-corrected chi connectivity index (χ1v) is 11.3. The average Bonchev–Trinajstić information content (AvgIpc) is 2.53. The smallest absolute Gasteiger partial charge is 0.306 e. The van der Waals surface area contributed by atoms with E-state index in [4.69, 9.17) is 9.29 Å². The van der Waals surface area contributed by atoms with E-state index in [-0.39, 0.29) is 25.9 Å². The van der Waals surface area contributed by atoms with Crippen molar-refractivity contribution in [3.05, 3.63) is 30.9 Å². The van der Waals surface area contributed by atoms with Gasteiger partial charge in [-0.2, -0.15) is 8.42 Å². The summed E-state index contributed by atoms with van der Waals surface area (Å²) in [6, 6.07) is 5.66. The van der Waals surface area contributed by atoms with E-state index >= 15 is 0 Å². The fourth-order valence-electron chi connectivity index (χ4n) is 1.85. The monoisotopic (exact) mass is 632 g/mol. The molecule has 1 aromatic rings. The maximum Gasteiger partial charge on any atom is 0.306 e. The van der Waals surface area contributed by atoms with Gasteiger partial charge in [-0.3, -0.25) is 14.1 Å². The van der Waals surface area contributed by atoms with Crippen molar-refractivity contribution in [3.63, 3.8) is 0 Å². The van der Waals surface area contributed by atoms with Gasteiger partial charge in [-0.15, -0.1) is 0 Å². The van der Waals surface area contributed by atoms with Crippen molar-refractivity contribution in [3.8, 4) is 0 Å². The standard InChI is InChI=1S/C15H16F2I2O7S/c16-15(17)12(8-27(22,23)24)26-14(21)3-1-2-13(20)25-7-9-6-10(18)4-5-11(9)19/h4-6,12,15H,1-3,7-8H2,(H,22,23,24). The summed E-state index contributed by atoms with van der Waals surface area (Å²) in [5.74, 6) is -3.06. The molecule has 0 aromatic heterocycles. The Labute approximate surface area is 182 Å². The van der Waals surface area contributed by atoms with Crippen molar-refractivity contribution in [2.45, 2.75) is 38.4 Å². The molecule has 1 atom stereocenters. The number of carbonyl (C=O) groups excluding carboxylic acids is 2. The van der Waals surface area contributed by atoms with Gasteiger partial charge in [-0.05, 0) is 69.8 Å². The molecular formula is C15H16F2I2O7S. The molecule has 0 bridgehead atoms. The van der Waals surface area contributed by atoms with Crippen molar-refractivity contribution in [2.75, 3.05) is 5.75 Å². The lowest BCUT2D eigenvalue weighted by molar-refractivity contribution is -0.155. The lowest BCUT2D eigenvalue weighted by atomic mass is 10.2.